The van der Waals surface area contributed by atoms with E-state index >= 15 is 0 Å². The van der Waals surface area contributed by atoms with Gasteiger partial charge in [-0.2, -0.15) is 8.78 Å². The molecule has 0 atom stereocenters. The minimum absolute atomic E-state index is 0.207. The second-order valence-corrected chi connectivity index (χ2v) is 5.15. The summed E-state index contributed by atoms with van der Waals surface area (Å²) < 4.78 is 28.1. The predicted molar refractivity (Wildman–Crippen MR) is 66.6 cm³/mol. The van der Waals surface area contributed by atoms with Crippen LogP contribution in [-0.4, -0.2) is 9.38 Å². The Kier molecular flexibility index (Phi) is 2.39. The van der Waals surface area contributed by atoms with E-state index in [2.05, 4.69) is 4.98 Å². The highest BCUT2D eigenvalue weighted by molar-refractivity contribution is 7.23. The molecule has 3 rings (SSSR count). The summed E-state index contributed by atoms with van der Waals surface area (Å²) in [5.41, 5.74) is -0.632. The van der Waals surface area contributed by atoms with Crippen molar-refractivity contribution in [3.05, 3.63) is 46.4 Å². The standard InChI is InChI=1S/C11H5ClF2N2OS/c12-11(13,14)8-5-9(17)16-6-3-1-2-4-7(6)18-10(16)15-8/h1-5H. The zero-order chi connectivity index (χ0) is 12.9. The largest absolute Gasteiger partial charge is 0.365 e. The Morgan fingerprint density at radius 2 is 2.06 bits per heavy atom. The first-order valence-corrected chi connectivity index (χ1v) is 6.15. The number of benzene rings is 1. The second kappa shape index (κ2) is 3.73. The molecule has 7 heteroatoms. The highest BCUT2D eigenvalue weighted by atomic mass is 35.5. The van der Waals surface area contributed by atoms with Crippen LogP contribution in [0.5, 0.6) is 0 Å². The maximum absolute atomic E-state index is 13.0. The van der Waals surface area contributed by atoms with Crippen molar-refractivity contribution in [1.29, 1.82) is 0 Å². The van der Waals surface area contributed by atoms with Gasteiger partial charge in [0, 0.05) is 6.07 Å². The number of aromatic nitrogens is 2. The van der Waals surface area contributed by atoms with Gasteiger partial charge < -0.3 is 0 Å². The van der Waals surface area contributed by atoms with Gasteiger partial charge in [0.15, 0.2) is 4.96 Å². The molecule has 0 fully saturated rings. The maximum atomic E-state index is 13.0. The van der Waals surface area contributed by atoms with Crippen LogP contribution >= 0.6 is 22.9 Å². The Labute approximate surface area is 108 Å². The van der Waals surface area contributed by atoms with Gasteiger partial charge >= 0.3 is 5.38 Å². The average Bonchev–Trinajstić information content (AvgIpc) is 2.66. The Morgan fingerprint density at radius 1 is 1.33 bits per heavy atom. The lowest BCUT2D eigenvalue weighted by Gasteiger charge is -2.05. The minimum Gasteiger partial charge on any atom is -0.269 e. The quantitative estimate of drug-likeness (QED) is 0.644. The molecule has 3 aromatic rings. The van der Waals surface area contributed by atoms with Crippen molar-refractivity contribution >= 4 is 38.1 Å². The molecule has 18 heavy (non-hydrogen) atoms. The molecule has 2 heterocycles. The van der Waals surface area contributed by atoms with Crippen LogP contribution in [0, 0.1) is 0 Å². The molecular weight excluding hydrogens is 282 g/mol. The molecule has 0 bridgehead atoms. The lowest BCUT2D eigenvalue weighted by atomic mass is 10.3. The van der Waals surface area contributed by atoms with Gasteiger partial charge in [0.2, 0.25) is 0 Å². The number of thiazole rings is 1. The number of para-hydroxylation sites is 1. The van der Waals surface area contributed by atoms with E-state index in [1.54, 1.807) is 24.3 Å². The molecule has 0 aliphatic heterocycles. The van der Waals surface area contributed by atoms with Crippen molar-refractivity contribution in [3.8, 4) is 0 Å². The fourth-order valence-electron chi connectivity index (χ4n) is 1.72. The van der Waals surface area contributed by atoms with Gasteiger partial charge in [0.25, 0.3) is 5.56 Å². The zero-order valence-corrected chi connectivity index (χ0v) is 10.3. The van der Waals surface area contributed by atoms with E-state index < -0.39 is 16.6 Å². The van der Waals surface area contributed by atoms with E-state index in [-0.39, 0.29) is 4.96 Å². The van der Waals surface area contributed by atoms with Gasteiger partial charge in [0.1, 0.15) is 5.69 Å². The summed E-state index contributed by atoms with van der Waals surface area (Å²) in [4.78, 5) is 15.8. The topological polar surface area (TPSA) is 34.4 Å². The van der Waals surface area contributed by atoms with Gasteiger partial charge in [-0.05, 0) is 23.7 Å². The molecule has 0 N–H and O–H groups in total. The fourth-order valence-corrected chi connectivity index (χ4v) is 2.85. The van der Waals surface area contributed by atoms with E-state index in [0.717, 1.165) is 10.8 Å². The van der Waals surface area contributed by atoms with Crippen molar-refractivity contribution in [2.75, 3.05) is 0 Å². The number of halogens is 3. The van der Waals surface area contributed by atoms with Gasteiger partial charge in [-0.25, -0.2) is 4.98 Å². The Hall–Kier alpha value is -1.53. The van der Waals surface area contributed by atoms with Crippen molar-refractivity contribution in [2.45, 2.75) is 5.38 Å². The van der Waals surface area contributed by atoms with Crippen molar-refractivity contribution in [1.82, 2.24) is 9.38 Å². The van der Waals surface area contributed by atoms with Gasteiger partial charge in [-0.3, -0.25) is 9.20 Å². The Morgan fingerprint density at radius 3 is 2.78 bits per heavy atom. The number of hydrogen-bond donors (Lipinski definition) is 0. The van der Waals surface area contributed by atoms with Gasteiger partial charge in [0.05, 0.1) is 10.2 Å². The van der Waals surface area contributed by atoms with Crippen LogP contribution in [0.1, 0.15) is 5.69 Å². The van der Waals surface area contributed by atoms with Crippen LogP contribution in [0.25, 0.3) is 15.2 Å². The summed E-state index contributed by atoms with van der Waals surface area (Å²) in [6.45, 7) is 0. The van der Waals surface area contributed by atoms with Crippen LogP contribution < -0.4 is 5.56 Å². The van der Waals surface area contributed by atoms with Gasteiger partial charge in [-0.1, -0.05) is 23.5 Å². The molecule has 2 aromatic heterocycles. The van der Waals surface area contributed by atoms with E-state index in [1.807, 2.05) is 0 Å². The van der Waals surface area contributed by atoms with E-state index in [1.165, 1.54) is 15.7 Å². The number of fused-ring (bicyclic) bond motifs is 3. The second-order valence-electron chi connectivity index (χ2n) is 3.67. The van der Waals surface area contributed by atoms with Crippen molar-refractivity contribution < 1.29 is 8.78 Å². The Balaban J connectivity index is 2.46. The fraction of sp³-hybridized carbons (Fsp3) is 0.0909. The number of rotatable bonds is 1. The zero-order valence-electron chi connectivity index (χ0n) is 8.73. The highest BCUT2D eigenvalue weighted by Crippen LogP contribution is 2.31. The van der Waals surface area contributed by atoms with E-state index in [0.29, 0.717) is 5.52 Å². The average molecular weight is 287 g/mol. The summed E-state index contributed by atoms with van der Waals surface area (Å²) >= 11 is 6.06. The smallest absolute Gasteiger partial charge is 0.269 e. The summed E-state index contributed by atoms with van der Waals surface area (Å²) in [6.07, 6.45) is 0. The van der Waals surface area contributed by atoms with Crippen LogP contribution in [0.3, 0.4) is 0 Å². The number of hydrogen-bond acceptors (Lipinski definition) is 3. The summed E-state index contributed by atoms with van der Waals surface area (Å²) in [7, 11) is 0. The molecule has 0 saturated heterocycles. The van der Waals surface area contributed by atoms with Crippen LogP contribution in [0.15, 0.2) is 35.1 Å². The SMILES string of the molecule is O=c1cc(C(F)(F)Cl)nc2sc3ccccc3n12. The summed E-state index contributed by atoms with van der Waals surface area (Å²) in [5, 5.41) is -3.63. The van der Waals surface area contributed by atoms with E-state index in [4.69, 9.17) is 11.6 Å². The third kappa shape index (κ3) is 1.69. The normalized spacial score (nSPS) is 12.4. The first-order chi connectivity index (χ1) is 8.47. The molecule has 1 aromatic carbocycles. The molecule has 3 nitrogen and oxygen atoms in total. The molecule has 92 valence electrons. The lowest BCUT2D eigenvalue weighted by molar-refractivity contribution is 0.0901. The molecule has 0 aliphatic rings. The summed E-state index contributed by atoms with van der Waals surface area (Å²) in [6, 6.07) is 7.87. The number of alkyl halides is 3. The predicted octanol–water partition coefficient (Wildman–Crippen LogP) is 3.20. The van der Waals surface area contributed by atoms with E-state index in [9.17, 15) is 13.6 Å². The first kappa shape index (κ1) is 11.6. The van der Waals surface area contributed by atoms with Crippen LogP contribution in [-0.2, 0) is 5.38 Å². The summed E-state index contributed by atoms with van der Waals surface area (Å²) in [5.74, 6) is 0. The monoisotopic (exact) mass is 286 g/mol. The first-order valence-electron chi connectivity index (χ1n) is 4.95. The molecule has 0 unspecified atom stereocenters. The van der Waals surface area contributed by atoms with Crippen LogP contribution in [0.2, 0.25) is 0 Å². The van der Waals surface area contributed by atoms with Crippen molar-refractivity contribution in [2.24, 2.45) is 0 Å². The minimum atomic E-state index is -3.63. The number of nitrogens with zero attached hydrogens (tertiary/aromatic N) is 2. The third-order valence-corrected chi connectivity index (χ3v) is 3.70. The van der Waals surface area contributed by atoms with Crippen LogP contribution in [0.4, 0.5) is 8.78 Å². The highest BCUT2D eigenvalue weighted by Gasteiger charge is 2.31. The molecule has 0 amide bonds. The molecule has 0 saturated carbocycles. The Bertz CT molecular complexity index is 806. The maximum Gasteiger partial charge on any atom is 0.365 e. The van der Waals surface area contributed by atoms with Crippen molar-refractivity contribution in [3.63, 3.8) is 0 Å². The van der Waals surface area contributed by atoms with Gasteiger partial charge in [-0.15, -0.1) is 0 Å². The molecule has 0 radical (unpaired) electrons. The molecule has 0 spiro atoms. The molecular formula is C11H5ClF2N2OS. The lowest BCUT2D eigenvalue weighted by Crippen LogP contribution is -2.18. The third-order valence-electron chi connectivity index (χ3n) is 2.49. The molecule has 0 aliphatic carbocycles.